The first kappa shape index (κ1) is 34.2. The second-order valence-corrected chi connectivity index (χ2v) is 9.85. The highest BCUT2D eigenvalue weighted by Crippen LogP contribution is 2.33. The van der Waals surface area contributed by atoms with E-state index in [1.54, 1.807) is 49.2 Å². The van der Waals surface area contributed by atoms with Crippen molar-refractivity contribution >= 4 is 29.6 Å². The summed E-state index contributed by atoms with van der Waals surface area (Å²) in [4.78, 5) is 44.5. The molecule has 236 valence electrons. The molecule has 2 amide bonds. The molecule has 0 bridgehead atoms. The van der Waals surface area contributed by atoms with Crippen LogP contribution in [0.1, 0.15) is 41.3 Å². The number of nitrogens with two attached hydrogens (primary N) is 1. The Hall–Kier alpha value is -5.26. The van der Waals surface area contributed by atoms with Gasteiger partial charge in [0.2, 0.25) is 0 Å². The molecule has 3 aromatic rings. The molecule has 0 saturated carbocycles. The number of alkyl halides is 3. The molecule has 2 unspecified atom stereocenters. The standard InChI is InChI=1S/C33H33F4N5O3/c1-4-10-27(44)41-30(38)29(31(42(3)5-2)39-25-13-7-6-8-14-25)28(21-15-17-24(34)18-16-21)26(20-43)40-32(45)22-11-9-12-23(19-22)33(35,36)37/h4,6-20,26,28,39H,5H2,1-3H3,(H,40,45)(H2,38,41,44)/b10-4+,31-29+. The number of carbonyl (C=O) groups excluding carboxylic acids is 3. The van der Waals surface area contributed by atoms with E-state index >= 15 is 0 Å². The molecule has 8 nitrogen and oxygen atoms in total. The molecule has 3 rings (SSSR count). The zero-order valence-electron chi connectivity index (χ0n) is 24.8. The van der Waals surface area contributed by atoms with Crippen molar-refractivity contribution < 1.29 is 31.9 Å². The lowest BCUT2D eigenvalue weighted by Gasteiger charge is -2.32. The van der Waals surface area contributed by atoms with Crippen molar-refractivity contribution in [2.24, 2.45) is 10.7 Å². The Morgan fingerprint density at radius 1 is 1.02 bits per heavy atom. The Labute approximate surface area is 258 Å². The molecule has 0 spiro atoms. The topological polar surface area (TPSA) is 117 Å². The average Bonchev–Trinajstić information content (AvgIpc) is 3.02. The summed E-state index contributed by atoms with van der Waals surface area (Å²) in [6, 6.07) is 16.2. The van der Waals surface area contributed by atoms with Crippen LogP contribution in [0.2, 0.25) is 0 Å². The van der Waals surface area contributed by atoms with E-state index < -0.39 is 41.3 Å². The molecule has 0 aromatic heterocycles. The van der Waals surface area contributed by atoms with Crippen LogP contribution in [-0.4, -0.2) is 48.5 Å². The first-order valence-electron chi connectivity index (χ1n) is 13.9. The fourth-order valence-electron chi connectivity index (χ4n) is 4.46. The normalized spacial score (nSPS) is 13.9. The highest BCUT2D eigenvalue weighted by molar-refractivity contribution is 6.08. The molecular formula is C33H33F4N5O3. The van der Waals surface area contributed by atoms with Crippen LogP contribution in [-0.2, 0) is 15.8 Å². The lowest BCUT2D eigenvalue weighted by molar-refractivity contribution is -0.137. The van der Waals surface area contributed by atoms with Crippen LogP contribution >= 0.6 is 0 Å². The minimum atomic E-state index is -4.71. The number of amides is 2. The summed E-state index contributed by atoms with van der Waals surface area (Å²) in [6.07, 6.45) is -1.67. The van der Waals surface area contributed by atoms with Crippen LogP contribution in [0.4, 0.5) is 23.2 Å². The number of aliphatic imine (C=N–C) groups is 1. The van der Waals surface area contributed by atoms with Gasteiger partial charge in [-0.05, 0) is 61.9 Å². The van der Waals surface area contributed by atoms with E-state index in [1.807, 2.05) is 6.92 Å². The lowest BCUT2D eigenvalue weighted by Crippen LogP contribution is -2.44. The highest BCUT2D eigenvalue weighted by atomic mass is 19.4. The van der Waals surface area contributed by atoms with Crippen LogP contribution in [0.15, 0.2) is 107 Å². The number of para-hydroxylation sites is 1. The summed E-state index contributed by atoms with van der Waals surface area (Å²) in [5, 5.41) is 5.76. The van der Waals surface area contributed by atoms with Gasteiger partial charge in [0.25, 0.3) is 11.8 Å². The van der Waals surface area contributed by atoms with Gasteiger partial charge in [-0.2, -0.15) is 18.2 Å². The molecule has 0 fully saturated rings. The van der Waals surface area contributed by atoms with Crippen molar-refractivity contribution in [1.29, 1.82) is 0 Å². The van der Waals surface area contributed by atoms with Crippen LogP contribution in [0, 0.1) is 5.82 Å². The van der Waals surface area contributed by atoms with Crippen molar-refractivity contribution in [2.45, 2.75) is 32.0 Å². The van der Waals surface area contributed by atoms with E-state index in [0.717, 1.165) is 24.3 Å². The minimum absolute atomic E-state index is 0.0918. The van der Waals surface area contributed by atoms with Crippen molar-refractivity contribution in [3.05, 3.63) is 125 Å². The molecule has 0 aliphatic carbocycles. The Balaban J connectivity index is 2.31. The summed E-state index contributed by atoms with van der Waals surface area (Å²) in [6.45, 7) is 3.84. The molecule has 3 aromatic carbocycles. The van der Waals surface area contributed by atoms with E-state index in [0.29, 0.717) is 36.0 Å². The van der Waals surface area contributed by atoms with Gasteiger partial charge in [-0.3, -0.25) is 9.59 Å². The van der Waals surface area contributed by atoms with Gasteiger partial charge in [-0.1, -0.05) is 42.5 Å². The van der Waals surface area contributed by atoms with E-state index in [1.165, 1.54) is 30.4 Å². The monoisotopic (exact) mass is 623 g/mol. The first-order valence-corrected chi connectivity index (χ1v) is 13.9. The van der Waals surface area contributed by atoms with Crippen LogP contribution in [0.5, 0.6) is 0 Å². The minimum Gasteiger partial charge on any atom is -0.383 e. The molecule has 45 heavy (non-hydrogen) atoms. The molecule has 0 aliphatic heterocycles. The van der Waals surface area contributed by atoms with E-state index in [4.69, 9.17) is 5.73 Å². The van der Waals surface area contributed by atoms with Crippen molar-refractivity contribution in [3.63, 3.8) is 0 Å². The number of hydrogen-bond donors (Lipinski definition) is 3. The van der Waals surface area contributed by atoms with Crippen molar-refractivity contribution in [2.75, 3.05) is 18.9 Å². The molecule has 0 saturated heterocycles. The molecule has 0 aliphatic rings. The summed E-state index contributed by atoms with van der Waals surface area (Å²) in [7, 11) is 1.71. The number of nitrogens with zero attached hydrogens (tertiary/aromatic N) is 2. The average molecular weight is 624 g/mol. The Kier molecular flexibility index (Phi) is 11.8. The van der Waals surface area contributed by atoms with Gasteiger partial charge in [0.1, 0.15) is 23.8 Å². The van der Waals surface area contributed by atoms with Crippen molar-refractivity contribution in [1.82, 2.24) is 10.2 Å². The molecule has 2 atom stereocenters. The van der Waals surface area contributed by atoms with Crippen molar-refractivity contribution in [3.8, 4) is 0 Å². The predicted molar refractivity (Wildman–Crippen MR) is 165 cm³/mol. The van der Waals surface area contributed by atoms with Gasteiger partial charge >= 0.3 is 6.18 Å². The SMILES string of the molecule is C/C=C/C(=O)N=C(N)/C(=C(\Nc1ccccc1)N(C)CC)C(c1ccc(F)cc1)C(C=O)NC(=O)c1cccc(C(F)(F)F)c1. The number of halogens is 4. The maximum Gasteiger partial charge on any atom is 0.416 e. The quantitative estimate of drug-likeness (QED) is 0.0789. The highest BCUT2D eigenvalue weighted by Gasteiger charge is 2.35. The maximum atomic E-state index is 14.1. The van der Waals surface area contributed by atoms with Gasteiger partial charge in [0, 0.05) is 42.4 Å². The number of benzene rings is 3. The van der Waals surface area contributed by atoms with E-state index in [-0.39, 0.29) is 17.0 Å². The number of anilines is 1. The summed E-state index contributed by atoms with van der Waals surface area (Å²) in [5.41, 5.74) is 6.10. The zero-order valence-corrected chi connectivity index (χ0v) is 24.8. The van der Waals surface area contributed by atoms with Gasteiger partial charge in [0.15, 0.2) is 0 Å². The largest absolute Gasteiger partial charge is 0.416 e. The Morgan fingerprint density at radius 2 is 1.69 bits per heavy atom. The van der Waals surface area contributed by atoms with E-state index in [9.17, 15) is 31.9 Å². The van der Waals surface area contributed by atoms with E-state index in [2.05, 4.69) is 15.6 Å². The van der Waals surface area contributed by atoms with Crippen LogP contribution in [0.25, 0.3) is 0 Å². The van der Waals surface area contributed by atoms with Gasteiger partial charge < -0.3 is 26.1 Å². The molecule has 0 radical (unpaired) electrons. The third-order valence-electron chi connectivity index (χ3n) is 6.76. The second kappa shape index (κ2) is 15.5. The summed E-state index contributed by atoms with van der Waals surface area (Å²) < 4.78 is 54.2. The number of nitrogens with one attached hydrogen (secondary N) is 2. The molecule has 0 heterocycles. The number of amidine groups is 1. The number of hydrogen-bond acceptors (Lipinski definition) is 5. The first-order chi connectivity index (χ1) is 21.4. The lowest BCUT2D eigenvalue weighted by atomic mass is 9.83. The molecular weight excluding hydrogens is 590 g/mol. The van der Waals surface area contributed by atoms with Crippen LogP contribution in [0.3, 0.4) is 0 Å². The molecule has 12 heteroatoms. The third kappa shape index (κ3) is 9.12. The third-order valence-corrected chi connectivity index (χ3v) is 6.76. The Bertz CT molecular complexity index is 1590. The van der Waals surface area contributed by atoms with Gasteiger partial charge in [-0.15, -0.1) is 0 Å². The zero-order chi connectivity index (χ0) is 33.1. The van der Waals surface area contributed by atoms with Gasteiger partial charge in [0.05, 0.1) is 11.6 Å². The number of allylic oxidation sites excluding steroid dienone is 1. The maximum absolute atomic E-state index is 14.1. The summed E-state index contributed by atoms with van der Waals surface area (Å²) in [5.74, 6) is -3.50. The predicted octanol–water partition coefficient (Wildman–Crippen LogP) is 5.66. The second-order valence-electron chi connectivity index (χ2n) is 9.85. The fourth-order valence-corrected chi connectivity index (χ4v) is 4.46. The Morgan fingerprint density at radius 3 is 2.27 bits per heavy atom. The van der Waals surface area contributed by atoms with Gasteiger partial charge in [-0.25, -0.2) is 4.39 Å². The smallest absolute Gasteiger partial charge is 0.383 e. The number of rotatable bonds is 12. The number of aldehydes is 1. The van der Waals surface area contributed by atoms with Crippen LogP contribution < -0.4 is 16.4 Å². The molecule has 4 N–H and O–H groups in total. The fraction of sp³-hybridized carbons (Fsp3) is 0.212. The summed E-state index contributed by atoms with van der Waals surface area (Å²) >= 11 is 0. The number of carbonyl (C=O) groups is 3.